The minimum Gasteiger partial charge on any atom is -0.395 e. The molecule has 3 nitrogen and oxygen atoms in total. The Balaban J connectivity index is 1.85. The molecular formula is C15H20N2OS. The number of thiazole rings is 1. The first-order chi connectivity index (χ1) is 9.31. The second-order valence-electron chi connectivity index (χ2n) is 4.52. The minimum absolute atomic E-state index is 0.0922. The molecule has 0 saturated carbocycles. The van der Waals surface area contributed by atoms with Gasteiger partial charge in [-0.2, -0.15) is 0 Å². The van der Waals surface area contributed by atoms with Crippen LogP contribution in [0.5, 0.6) is 0 Å². The van der Waals surface area contributed by atoms with Crippen LogP contribution in [-0.2, 0) is 19.4 Å². The van der Waals surface area contributed by atoms with Gasteiger partial charge in [-0.05, 0) is 18.4 Å². The first-order valence-corrected chi connectivity index (χ1v) is 7.45. The smallest absolute Gasteiger partial charge is 0.0925 e. The number of aromatic nitrogens is 1. The van der Waals surface area contributed by atoms with Crippen LogP contribution >= 0.6 is 11.3 Å². The van der Waals surface area contributed by atoms with Crippen LogP contribution in [0.1, 0.15) is 22.4 Å². The van der Waals surface area contributed by atoms with Crippen LogP contribution in [0, 0.1) is 0 Å². The normalized spacial score (nSPS) is 12.5. The Morgan fingerprint density at radius 2 is 2.11 bits per heavy atom. The number of nitrogens with one attached hydrogen (secondary N) is 1. The van der Waals surface area contributed by atoms with E-state index >= 15 is 0 Å². The van der Waals surface area contributed by atoms with E-state index < -0.39 is 0 Å². The molecule has 2 N–H and O–H groups in total. The fourth-order valence-corrected chi connectivity index (χ4v) is 2.75. The molecule has 0 aliphatic carbocycles. The molecule has 0 amide bonds. The van der Waals surface area contributed by atoms with Crippen molar-refractivity contribution in [1.29, 1.82) is 0 Å². The van der Waals surface area contributed by atoms with Gasteiger partial charge in [-0.25, -0.2) is 4.98 Å². The molecule has 0 aliphatic heterocycles. The standard InChI is InChI=1S/C15H20N2OS/c1-2-15-17-10-14(19-15)9-16-13(11-18)8-12-6-4-3-5-7-12/h3-7,10,13,16,18H,2,8-9,11H2,1H3/t13-/m1/s1. The topological polar surface area (TPSA) is 45.2 Å². The van der Waals surface area contributed by atoms with Gasteiger partial charge in [0.1, 0.15) is 0 Å². The van der Waals surface area contributed by atoms with E-state index in [1.54, 1.807) is 11.3 Å². The van der Waals surface area contributed by atoms with E-state index in [1.807, 2.05) is 24.4 Å². The number of aliphatic hydroxyl groups is 1. The fourth-order valence-electron chi connectivity index (χ4n) is 1.94. The second-order valence-corrected chi connectivity index (χ2v) is 5.72. The van der Waals surface area contributed by atoms with E-state index in [1.165, 1.54) is 15.4 Å². The van der Waals surface area contributed by atoms with Gasteiger partial charge in [0, 0.05) is 23.7 Å². The molecular weight excluding hydrogens is 256 g/mol. The maximum Gasteiger partial charge on any atom is 0.0925 e. The van der Waals surface area contributed by atoms with Gasteiger partial charge in [-0.1, -0.05) is 37.3 Å². The molecule has 4 heteroatoms. The lowest BCUT2D eigenvalue weighted by atomic mass is 10.1. The summed E-state index contributed by atoms with van der Waals surface area (Å²) in [5.41, 5.74) is 1.24. The molecule has 0 saturated heterocycles. The van der Waals surface area contributed by atoms with Crippen LogP contribution < -0.4 is 5.32 Å². The van der Waals surface area contributed by atoms with Crippen molar-refractivity contribution >= 4 is 11.3 Å². The summed E-state index contributed by atoms with van der Waals surface area (Å²) in [5, 5.41) is 14.0. The second kappa shape index (κ2) is 7.38. The molecule has 1 heterocycles. The highest BCUT2D eigenvalue weighted by atomic mass is 32.1. The first-order valence-electron chi connectivity index (χ1n) is 6.63. The summed E-state index contributed by atoms with van der Waals surface area (Å²) in [6.07, 6.45) is 3.75. The van der Waals surface area contributed by atoms with Crippen LogP contribution in [0.3, 0.4) is 0 Å². The highest BCUT2D eigenvalue weighted by Gasteiger charge is 2.09. The first kappa shape index (κ1) is 14.2. The van der Waals surface area contributed by atoms with E-state index in [0.29, 0.717) is 0 Å². The SMILES string of the molecule is CCc1ncc(CN[C@@H](CO)Cc2ccccc2)s1. The number of rotatable bonds is 7. The fraction of sp³-hybridized carbons (Fsp3) is 0.400. The summed E-state index contributed by atoms with van der Waals surface area (Å²) < 4.78 is 0. The summed E-state index contributed by atoms with van der Waals surface area (Å²) in [4.78, 5) is 5.56. The van der Waals surface area contributed by atoms with Crippen molar-refractivity contribution in [2.75, 3.05) is 6.61 Å². The molecule has 102 valence electrons. The van der Waals surface area contributed by atoms with Gasteiger partial charge in [0.15, 0.2) is 0 Å². The molecule has 1 aromatic heterocycles. The van der Waals surface area contributed by atoms with E-state index in [0.717, 1.165) is 19.4 Å². The van der Waals surface area contributed by atoms with E-state index in [-0.39, 0.29) is 12.6 Å². The van der Waals surface area contributed by atoms with Gasteiger partial charge in [-0.3, -0.25) is 0 Å². The van der Waals surface area contributed by atoms with Gasteiger partial charge >= 0.3 is 0 Å². The molecule has 0 fully saturated rings. The summed E-state index contributed by atoms with van der Waals surface area (Å²) >= 11 is 1.74. The predicted octanol–water partition coefficient (Wildman–Crippen LogP) is 2.40. The zero-order valence-electron chi connectivity index (χ0n) is 11.2. The third kappa shape index (κ3) is 4.42. The van der Waals surface area contributed by atoms with Gasteiger partial charge < -0.3 is 10.4 Å². The number of benzene rings is 1. The van der Waals surface area contributed by atoms with Crippen molar-refractivity contribution in [3.8, 4) is 0 Å². The summed E-state index contributed by atoms with van der Waals surface area (Å²) in [7, 11) is 0. The molecule has 2 aromatic rings. The zero-order chi connectivity index (χ0) is 13.5. The molecule has 2 rings (SSSR count). The highest BCUT2D eigenvalue weighted by Crippen LogP contribution is 2.13. The van der Waals surface area contributed by atoms with E-state index in [2.05, 4.69) is 29.4 Å². The van der Waals surface area contributed by atoms with Crippen molar-refractivity contribution in [3.63, 3.8) is 0 Å². The molecule has 0 radical (unpaired) electrons. The van der Waals surface area contributed by atoms with Crippen LogP contribution in [0.4, 0.5) is 0 Å². The van der Waals surface area contributed by atoms with Crippen LogP contribution in [-0.4, -0.2) is 22.7 Å². The number of hydrogen-bond donors (Lipinski definition) is 2. The Kier molecular flexibility index (Phi) is 5.51. The molecule has 0 bridgehead atoms. The summed E-state index contributed by atoms with van der Waals surface area (Å²) in [6, 6.07) is 10.3. The van der Waals surface area contributed by atoms with E-state index in [4.69, 9.17) is 0 Å². The van der Waals surface area contributed by atoms with Gasteiger partial charge in [0.2, 0.25) is 0 Å². The van der Waals surface area contributed by atoms with Crippen molar-refractivity contribution in [1.82, 2.24) is 10.3 Å². The summed E-state index contributed by atoms with van der Waals surface area (Å²) in [5.74, 6) is 0. The lowest BCUT2D eigenvalue weighted by Gasteiger charge is -2.15. The van der Waals surface area contributed by atoms with Gasteiger partial charge in [-0.15, -0.1) is 11.3 Å². The lowest BCUT2D eigenvalue weighted by Crippen LogP contribution is -2.33. The number of hydrogen-bond acceptors (Lipinski definition) is 4. The number of nitrogens with zero attached hydrogens (tertiary/aromatic N) is 1. The maximum atomic E-state index is 9.44. The molecule has 0 spiro atoms. The molecule has 1 atom stereocenters. The largest absolute Gasteiger partial charge is 0.395 e. The monoisotopic (exact) mass is 276 g/mol. The Morgan fingerprint density at radius 3 is 2.74 bits per heavy atom. The Hall–Kier alpha value is -1.23. The summed E-state index contributed by atoms with van der Waals surface area (Å²) in [6.45, 7) is 3.03. The van der Waals surface area contributed by atoms with Crippen LogP contribution in [0.15, 0.2) is 36.5 Å². The lowest BCUT2D eigenvalue weighted by molar-refractivity contribution is 0.241. The van der Waals surface area contributed by atoms with Crippen molar-refractivity contribution in [2.24, 2.45) is 0 Å². The Labute approximate surface area is 118 Å². The predicted molar refractivity (Wildman–Crippen MR) is 79.4 cm³/mol. The molecule has 1 aromatic carbocycles. The molecule has 0 aliphatic rings. The maximum absolute atomic E-state index is 9.44. The Morgan fingerprint density at radius 1 is 1.32 bits per heavy atom. The average Bonchev–Trinajstić information content (AvgIpc) is 2.92. The molecule has 0 unspecified atom stereocenters. The van der Waals surface area contributed by atoms with Crippen molar-refractivity contribution in [2.45, 2.75) is 32.4 Å². The van der Waals surface area contributed by atoms with E-state index in [9.17, 15) is 5.11 Å². The van der Waals surface area contributed by atoms with Gasteiger partial charge in [0.25, 0.3) is 0 Å². The number of aryl methyl sites for hydroxylation is 1. The molecule has 19 heavy (non-hydrogen) atoms. The van der Waals surface area contributed by atoms with Crippen molar-refractivity contribution in [3.05, 3.63) is 52.0 Å². The van der Waals surface area contributed by atoms with Crippen LogP contribution in [0.2, 0.25) is 0 Å². The van der Waals surface area contributed by atoms with Crippen LogP contribution in [0.25, 0.3) is 0 Å². The quantitative estimate of drug-likeness (QED) is 0.816. The third-order valence-corrected chi connectivity index (χ3v) is 4.16. The zero-order valence-corrected chi connectivity index (χ0v) is 12.0. The van der Waals surface area contributed by atoms with Gasteiger partial charge in [0.05, 0.1) is 11.6 Å². The third-order valence-electron chi connectivity index (χ3n) is 3.01. The van der Waals surface area contributed by atoms with Crippen molar-refractivity contribution < 1.29 is 5.11 Å². The average molecular weight is 276 g/mol. The Bertz CT molecular complexity index is 484. The minimum atomic E-state index is 0.0922. The highest BCUT2D eigenvalue weighted by molar-refractivity contribution is 7.11. The number of aliphatic hydroxyl groups excluding tert-OH is 1.